The molecule has 2 rings (SSSR count). The van der Waals surface area contributed by atoms with Gasteiger partial charge in [0.05, 0.1) is 11.8 Å². The molecule has 0 spiro atoms. The zero-order valence-electron chi connectivity index (χ0n) is 11.1. The van der Waals surface area contributed by atoms with E-state index in [0.717, 1.165) is 19.5 Å². The predicted octanol–water partition coefficient (Wildman–Crippen LogP) is 0.555. The molecule has 2 aliphatic rings. The molecule has 2 saturated heterocycles. The van der Waals surface area contributed by atoms with Gasteiger partial charge in [-0.25, -0.2) is 0 Å². The lowest BCUT2D eigenvalue weighted by atomic mass is 9.74. The van der Waals surface area contributed by atoms with Gasteiger partial charge in [-0.15, -0.1) is 0 Å². The molecule has 0 aromatic heterocycles. The van der Waals surface area contributed by atoms with E-state index in [2.05, 4.69) is 19.2 Å². The van der Waals surface area contributed by atoms with Gasteiger partial charge in [0.2, 0.25) is 5.91 Å². The fraction of sp³-hybridized carbons (Fsp3) is 0.846. The van der Waals surface area contributed by atoms with E-state index in [9.17, 15) is 9.59 Å². The number of nitrogens with one attached hydrogen (secondary N) is 1. The highest BCUT2D eigenvalue weighted by Crippen LogP contribution is 2.38. The van der Waals surface area contributed by atoms with Crippen molar-refractivity contribution in [2.75, 3.05) is 26.2 Å². The fourth-order valence-corrected chi connectivity index (χ4v) is 3.06. The van der Waals surface area contributed by atoms with Crippen molar-refractivity contribution < 1.29 is 14.7 Å². The molecule has 0 aliphatic carbocycles. The molecular weight excluding hydrogens is 232 g/mol. The van der Waals surface area contributed by atoms with Gasteiger partial charge in [-0.05, 0) is 18.9 Å². The van der Waals surface area contributed by atoms with Crippen LogP contribution in [-0.2, 0) is 9.59 Å². The summed E-state index contributed by atoms with van der Waals surface area (Å²) in [5, 5.41) is 12.0. The van der Waals surface area contributed by atoms with Crippen molar-refractivity contribution >= 4 is 11.9 Å². The third kappa shape index (κ3) is 2.23. The first-order valence-corrected chi connectivity index (χ1v) is 6.67. The van der Waals surface area contributed by atoms with Crippen LogP contribution in [0.5, 0.6) is 0 Å². The maximum Gasteiger partial charge on any atom is 0.303 e. The van der Waals surface area contributed by atoms with E-state index in [-0.39, 0.29) is 23.7 Å². The first-order valence-electron chi connectivity index (χ1n) is 6.67. The summed E-state index contributed by atoms with van der Waals surface area (Å²) in [7, 11) is 0. The predicted molar refractivity (Wildman–Crippen MR) is 67.1 cm³/mol. The molecule has 1 amide bonds. The standard InChI is InChI=1S/C13H22N2O3/c1-9(2)13(3-4-14-8-13)12(18)15-6-10(7-15)5-11(16)17/h9-10,14H,3-8H2,1-2H3,(H,16,17). The maximum atomic E-state index is 12.6. The van der Waals surface area contributed by atoms with Gasteiger partial charge in [0, 0.05) is 25.6 Å². The average molecular weight is 254 g/mol. The number of amides is 1. The molecule has 0 radical (unpaired) electrons. The summed E-state index contributed by atoms with van der Waals surface area (Å²) in [6.45, 7) is 7.07. The minimum Gasteiger partial charge on any atom is -0.481 e. The van der Waals surface area contributed by atoms with Gasteiger partial charge < -0.3 is 15.3 Å². The minimum atomic E-state index is -0.770. The van der Waals surface area contributed by atoms with Gasteiger partial charge >= 0.3 is 5.97 Å². The second-order valence-electron chi connectivity index (χ2n) is 5.91. The lowest BCUT2D eigenvalue weighted by Crippen LogP contribution is -2.57. The Bertz CT molecular complexity index is 342. The second-order valence-corrected chi connectivity index (χ2v) is 5.91. The number of hydrogen-bond acceptors (Lipinski definition) is 3. The Morgan fingerprint density at radius 2 is 2.11 bits per heavy atom. The highest BCUT2D eigenvalue weighted by molar-refractivity contribution is 5.84. The Hall–Kier alpha value is -1.10. The minimum absolute atomic E-state index is 0.144. The Morgan fingerprint density at radius 1 is 1.44 bits per heavy atom. The van der Waals surface area contributed by atoms with Crippen LogP contribution in [0.2, 0.25) is 0 Å². The third-order valence-electron chi connectivity index (χ3n) is 4.43. The molecule has 2 fully saturated rings. The number of carbonyl (C=O) groups is 2. The summed E-state index contributed by atoms with van der Waals surface area (Å²) in [4.78, 5) is 25.0. The quantitative estimate of drug-likeness (QED) is 0.769. The Labute approximate surface area is 108 Å². The molecule has 0 bridgehead atoms. The molecule has 2 aliphatic heterocycles. The van der Waals surface area contributed by atoms with Crippen LogP contribution in [0.1, 0.15) is 26.7 Å². The normalized spacial score (nSPS) is 28.5. The van der Waals surface area contributed by atoms with Crippen LogP contribution in [0.4, 0.5) is 0 Å². The van der Waals surface area contributed by atoms with E-state index in [0.29, 0.717) is 19.0 Å². The Kier molecular flexibility index (Phi) is 3.61. The summed E-state index contributed by atoms with van der Waals surface area (Å²) in [5.74, 6) is -0.0964. The topological polar surface area (TPSA) is 69.6 Å². The number of aliphatic carboxylic acids is 1. The largest absolute Gasteiger partial charge is 0.481 e. The van der Waals surface area contributed by atoms with Gasteiger partial charge in [0.25, 0.3) is 0 Å². The van der Waals surface area contributed by atoms with Crippen LogP contribution in [0.15, 0.2) is 0 Å². The van der Waals surface area contributed by atoms with Crippen molar-refractivity contribution in [1.29, 1.82) is 0 Å². The Morgan fingerprint density at radius 3 is 2.56 bits per heavy atom. The van der Waals surface area contributed by atoms with Crippen LogP contribution < -0.4 is 5.32 Å². The van der Waals surface area contributed by atoms with E-state index >= 15 is 0 Å². The summed E-state index contributed by atoms with van der Waals surface area (Å²) in [6, 6.07) is 0. The van der Waals surface area contributed by atoms with Crippen LogP contribution in [-0.4, -0.2) is 48.1 Å². The van der Waals surface area contributed by atoms with Crippen molar-refractivity contribution in [1.82, 2.24) is 10.2 Å². The molecule has 1 unspecified atom stereocenters. The number of carbonyl (C=O) groups excluding carboxylic acids is 1. The zero-order chi connectivity index (χ0) is 13.3. The van der Waals surface area contributed by atoms with Crippen LogP contribution in [0.25, 0.3) is 0 Å². The van der Waals surface area contributed by atoms with E-state index in [1.165, 1.54) is 0 Å². The van der Waals surface area contributed by atoms with Crippen molar-refractivity contribution in [3.05, 3.63) is 0 Å². The van der Waals surface area contributed by atoms with Crippen molar-refractivity contribution in [3.63, 3.8) is 0 Å². The van der Waals surface area contributed by atoms with Gasteiger partial charge in [0.15, 0.2) is 0 Å². The van der Waals surface area contributed by atoms with Crippen LogP contribution in [0.3, 0.4) is 0 Å². The first-order chi connectivity index (χ1) is 8.45. The van der Waals surface area contributed by atoms with Gasteiger partial charge in [-0.3, -0.25) is 9.59 Å². The van der Waals surface area contributed by atoms with E-state index in [4.69, 9.17) is 5.11 Å². The lowest BCUT2D eigenvalue weighted by Gasteiger charge is -2.45. The summed E-state index contributed by atoms with van der Waals surface area (Å²) < 4.78 is 0. The summed E-state index contributed by atoms with van der Waals surface area (Å²) >= 11 is 0. The van der Waals surface area contributed by atoms with Crippen LogP contribution in [0, 0.1) is 17.3 Å². The third-order valence-corrected chi connectivity index (χ3v) is 4.43. The van der Waals surface area contributed by atoms with E-state index in [1.807, 2.05) is 4.90 Å². The molecule has 2 heterocycles. The van der Waals surface area contributed by atoms with E-state index in [1.54, 1.807) is 0 Å². The molecule has 1 atom stereocenters. The summed E-state index contributed by atoms with van der Waals surface area (Å²) in [6.07, 6.45) is 1.07. The molecule has 5 heteroatoms. The average Bonchev–Trinajstić information content (AvgIpc) is 2.71. The second kappa shape index (κ2) is 4.88. The molecule has 2 N–H and O–H groups in total. The Balaban J connectivity index is 1.94. The SMILES string of the molecule is CC(C)C1(C(=O)N2CC(CC(=O)O)C2)CCNC1. The molecule has 102 valence electrons. The van der Waals surface area contributed by atoms with Gasteiger partial charge in [-0.1, -0.05) is 13.8 Å². The van der Waals surface area contributed by atoms with Crippen LogP contribution >= 0.6 is 0 Å². The van der Waals surface area contributed by atoms with Crippen molar-refractivity contribution in [3.8, 4) is 0 Å². The van der Waals surface area contributed by atoms with Crippen molar-refractivity contribution in [2.24, 2.45) is 17.3 Å². The number of nitrogens with zero attached hydrogens (tertiary/aromatic N) is 1. The summed E-state index contributed by atoms with van der Waals surface area (Å²) in [5.41, 5.74) is -0.270. The zero-order valence-corrected chi connectivity index (χ0v) is 11.1. The molecule has 0 saturated carbocycles. The lowest BCUT2D eigenvalue weighted by molar-refractivity contribution is -0.153. The number of likely N-dealkylation sites (tertiary alicyclic amines) is 1. The number of rotatable bonds is 4. The highest BCUT2D eigenvalue weighted by Gasteiger charge is 2.48. The van der Waals surface area contributed by atoms with E-state index < -0.39 is 5.97 Å². The number of hydrogen-bond donors (Lipinski definition) is 2. The van der Waals surface area contributed by atoms with Crippen molar-refractivity contribution in [2.45, 2.75) is 26.7 Å². The molecule has 0 aromatic rings. The smallest absolute Gasteiger partial charge is 0.303 e. The maximum absolute atomic E-state index is 12.6. The monoisotopic (exact) mass is 254 g/mol. The van der Waals surface area contributed by atoms with Gasteiger partial charge in [-0.2, -0.15) is 0 Å². The molecule has 0 aromatic carbocycles. The highest BCUT2D eigenvalue weighted by atomic mass is 16.4. The first kappa shape index (κ1) is 13.3. The fourth-order valence-electron chi connectivity index (χ4n) is 3.06. The number of carboxylic acids is 1. The molecule has 18 heavy (non-hydrogen) atoms. The number of carboxylic acid groups (broad SMARTS) is 1. The molecule has 5 nitrogen and oxygen atoms in total. The molecular formula is C13H22N2O3. The van der Waals surface area contributed by atoms with Gasteiger partial charge in [0.1, 0.15) is 0 Å².